The Labute approximate surface area is 91.2 Å². The molecule has 0 aromatic rings. The van der Waals surface area contributed by atoms with E-state index < -0.39 is 5.41 Å². The van der Waals surface area contributed by atoms with Gasteiger partial charge in [0.15, 0.2) is 0 Å². The topological polar surface area (TPSA) is 55.1 Å². The second-order valence-corrected chi connectivity index (χ2v) is 5.27. The maximum Gasteiger partial charge on any atom is 0.226 e. The first kappa shape index (κ1) is 13.8. The second kappa shape index (κ2) is 6.30. The van der Waals surface area contributed by atoms with E-state index in [-0.39, 0.29) is 5.91 Å². The Balaban J connectivity index is 3.85. The summed E-state index contributed by atoms with van der Waals surface area (Å²) in [5.74, 6) is 1.64. The van der Waals surface area contributed by atoms with Gasteiger partial charge in [0.1, 0.15) is 0 Å². The molecule has 0 heterocycles. The van der Waals surface area contributed by atoms with Gasteiger partial charge in [-0.25, -0.2) is 0 Å². The summed E-state index contributed by atoms with van der Waals surface area (Å²) in [6, 6.07) is 0. The second-order valence-electron chi connectivity index (χ2n) is 4.36. The van der Waals surface area contributed by atoms with Crippen molar-refractivity contribution in [2.45, 2.75) is 20.8 Å². The molecule has 84 valence electrons. The van der Waals surface area contributed by atoms with Gasteiger partial charge in [0.05, 0.1) is 5.41 Å². The number of nitrogens with one attached hydrogen (secondary N) is 1. The first-order chi connectivity index (χ1) is 6.44. The highest BCUT2D eigenvalue weighted by atomic mass is 32.2. The molecule has 0 bridgehead atoms. The molecule has 0 aromatic carbocycles. The highest BCUT2D eigenvalue weighted by molar-refractivity contribution is 7.98. The Hall–Kier alpha value is -0.220. The van der Waals surface area contributed by atoms with Crippen molar-refractivity contribution in [3.05, 3.63) is 0 Å². The standard InChI is InChI=1S/C10H22N2OS/c1-8(6-14-4)5-12-9(13)10(2,3)7-11/h8H,5-7,11H2,1-4H3,(H,12,13). The lowest BCUT2D eigenvalue weighted by molar-refractivity contribution is -0.129. The number of nitrogens with two attached hydrogens (primary N) is 1. The van der Waals surface area contributed by atoms with Crippen LogP contribution in [-0.2, 0) is 4.79 Å². The molecule has 0 aliphatic heterocycles. The summed E-state index contributed by atoms with van der Waals surface area (Å²) in [6.07, 6.45) is 2.07. The van der Waals surface area contributed by atoms with E-state index in [4.69, 9.17) is 5.73 Å². The van der Waals surface area contributed by atoms with Crippen LogP contribution < -0.4 is 11.1 Å². The van der Waals surface area contributed by atoms with Gasteiger partial charge in [0.2, 0.25) is 5.91 Å². The monoisotopic (exact) mass is 218 g/mol. The highest BCUT2D eigenvalue weighted by Crippen LogP contribution is 2.12. The summed E-state index contributed by atoms with van der Waals surface area (Å²) in [5.41, 5.74) is 5.06. The smallest absolute Gasteiger partial charge is 0.226 e. The van der Waals surface area contributed by atoms with Crippen LogP contribution >= 0.6 is 11.8 Å². The van der Waals surface area contributed by atoms with E-state index in [0.717, 1.165) is 12.3 Å². The van der Waals surface area contributed by atoms with Crippen LogP contribution in [0.15, 0.2) is 0 Å². The summed E-state index contributed by atoms with van der Waals surface area (Å²) < 4.78 is 0. The molecule has 0 aromatic heterocycles. The largest absolute Gasteiger partial charge is 0.355 e. The minimum absolute atomic E-state index is 0.0490. The van der Waals surface area contributed by atoms with Crippen LogP contribution in [0.1, 0.15) is 20.8 Å². The highest BCUT2D eigenvalue weighted by Gasteiger charge is 2.25. The van der Waals surface area contributed by atoms with Crippen molar-refractivity contribution in [1.29, 1.82) is 0 Å². The first-order valence-corrected chi connectivity index (χ1v) is 6.30. The van der Waals surface area contributed by atoms with Gasteiger partial charge in [-0.3, -0.25) is 4.79 Å². The molecule has 3 N–H and O–H groups in total. The molecular weight excluding hydrogens is 196 g/mol. The fourth-order valence-corrected chi connectivity index (χ4v) is 1.63. The molecule has 0 saturated carbocycles. The average Bonchev–Trinajstić information content (AvgIpc) is 2.14. The third-order valence-corrected chi connectivity index (χ3v) is 3.09. The third-order valence-electron chi connectivity index (χ3n) is 2.19. The van der Waals surface area contributed by atoms with Crippen LogP contribution in [0, 0.1) is 11.3 Å². The zero-order valence-electron chi connectivity index (χ0n) is 9.59. The number of carbonyl (C=O) groups excluding carboxylic acids is 1. The van der Waals surface area contributed by atoms with E-state index in [1.165, 1.54) is 0 Å². The Bertz CT molecular complexity index is 183. The van der Waals surface area contributed by atoms with Gasteiger partial charge in [0, 0.05) is 13.1 Å². The number of hydrogen-bond acceptors (Lipinski definition) is 3. The molecule has 0 radical (unpaired) electrons. The molecule has 3 nitrogen and oxygen atoms in total. The molecule has 0 saturated heterocycles. The summed E-state index contributed by atoms with van der Waals surface area (Å²) in [7, 11) is 0. The van der Waals surface area contributed by atoms with Crippen molar-refractivity contribution in [1.82, 2.24) is 5.32 Å². The van der Waals surface area contributed by atoms with Gasteiger partial charge in [-0.1, -0.05) is 6.92 Å². The molecular formula is C10H22N2OS. The average molecular weight is 218 g/mol. The Kier molecular flexibility index (Phi) is 6.20. The maximum absolute atomic E-state index is 11.6. The lowest BCUT2D eigenvalue weighted by atomic mass is 9.92. The Morgan fingerprint density at radius 3 is 2.57 bits per heavy atom. The van der Waals surface area contributed by atoms with Crippen LogP contribution in [0.2, 0.25) is 0 Å². The molecule has 1 amide bonds. The van der Waals surface area contributed by atoms with E-state index in [1.54, 1.807) is 11.8 Å². The fraction of sp³-hybridized carbons (Fsp3) is 0.900. The lowest BCUT2D eigenvalue weighted by Crippen LogP contribution is -2.43. The molecule has 0 fully saturated rings. The van der Waals surface area contributed by atoms with Crippen molar-refractivity contribution in [2.24, 2.45) is 17.1 Å². The van der Waals surface area contributed by atoms with E-state index in [2.05, 4.69) is 18.5 Å². The van der Waals surface area contributed by atoms with E-state index in [0.29, 0.717) is 12.5 Å². The summed E-state index contributed by atoms with van der Waals surface area (Å²) in [6.45, 7) is 6.98. The number of hydrogen-bond donors (Lipinski definition) is 2. The van der Waals surface area contributed by atoms with Gasteiger partial charge < -0.3 is 11.1 Å². The molecule has 0 spiro atoms. The van der Waals surface area contributed by atoms with E-state index >= 15 is 0 Å². The maximum atomic E-state index is 11.6. The quantitative estimate of drug-likeness (QED) is 0.701. The van der Waals surface area contributed by atoms with E-state index in [9.17, 15) is 4.79 Å². The Morgan fingerprint density at radius 1 is 1.57 bits per heavy atom. The van der Waals surface area contributed by atoms with Crippen molar-refractivity contribution in [2.75, 3.05) is 25.1 Å². The fourth-order valence-electron chi connectivity index (χ4n) is 0.942. The predicted molar refractivity (Wildman–Crippen MR) is 63.4 cm³/mol. The van der Waals surface area contributed by atoms with Crippen molar-refractivity contribution >= 4 is 17.7 Å². The molecule has 1 unspecified atom stereocenters. The number of amides is 1. The van der Waals surface area contributed by atoms with Crippen LogP contribution in [0.5, 0.6) is 0 Å². The van der Waals surface area contributed by atoms with Crippen LogP contribution in [0.4, 0.5) is 0 Å². The minimum atomic E-state index is -0.445. The van der Waals surface area contributed by atoms with Crippen LogP contribution in [0.3, 0.4) is 0 Å². The van der Waals surface area contributed by atoms with Gasteiger partial charge >= 0.3 is 0 Å². The number of rotatable bonds is 6. The van der Waals surface area contributed by atoms with Crippen molar-refractivity contribution in [3.63, 3.8) is 0 Å². The molecule has 1 atom stereocenters. The summed E-state index contributed by atoms with van der Waals surface area (Å²) in [5, 5.41) is 2.93. The van der Waals surface area contributed by atoms with Gasteiger partial charge in [-0.2, -0.15) is 11.8 Å². The van der Waals surface area contributed by atoms with Crippen molar-refractivity contribution < 1.29 is 4.79 Å². The minimum Gasteiger partial charge on any atom is -0.355 e. The summed E-state index contributed by atoms with van der Waals surface area (Å²) in [4.78, 5) is 11.6. The molecule has 0 aliphatic rings. The first-order valence-electron chi connectivity index (χ1n) is 4.91. The zero-order valence-corrected chi connectivity index (χ0v) is 10.4. The number of carbonyl (C=O) groups is 1. The molecule has 0 aliphatic carbocycles. The van der Waals surface area contributed by atoms with Crippen LogP contribution in [0.25, 0.3) is 0 Å². The lowest BCUT2D eigenvalue weighted by Gasteiger charge is -2.22. The molecule has 0 rings (SSSR count). The van der Waals surface area contributed by atoms with Crippen LogP contribution in [-0.4, -0.2) is 31.0 Å². The summed E-state index contributed by atoms with van der Waals surface area (Å²) >= 11 is 1.80. The van der Waals surface area contributed by atoms with Gasteiger partial charge in [0.25, 0.3) is 0 Å². The van der Waals surface area contributed by atoms with Gasteiger partial charge in [-0.05, 0) is 31.8 Å². The van der Waals surface area contributed by atoms with Gasteiger partial charge in [-0.15, -0.1) is 0 Å². The van der Waals surface area contributed by atoms with E-state index in [1.807, 2.05) is 13.8 Å². The normalized spacial score (nSPS) is 13.8. The molecule has 4 heteroatoms. The SMILES string of the molecule is CSCC(C)CNC(=O)C(C)(C)CN. The number of thioether (sulfide) groups is 1. The third kappa shape index (κ3) is 4.86. The van der Waals surface area contributed by atoms with Crippen molar-refractivity contribution in [3.8, 4) is 0 Å². The predicted octanol–water partition coefficient (Wildman–Crippen LogP) is 1.09. The Morgan fingerprint density at radius 2 is 2.14 bits per heavy atom. The molecule has 14 heavy (non-hydrogen) atoms. The zero-order chi connectivity index (χ0) is 11.2.